The van der Waals surface area contributed by atoms with Crippen LogP contribution in [0.25, 0.3) is 11.1 Å². The first kappa shape index (κ1) is 10.4. The molecule has 2 rings (SSSR count). The van der Waals surface area contributed by atoms with Crippen molar-refractivity contribution in [3.63, 3.8) is 0 Å². The molecule has 2 heterocycles. The Labute approximate surface area is 94.8 Å². The molecule has 0 aliphatic carbocycles. The highest BCUT2D eigenvalue weighted by molar-refractivity contribution is 7.08. The van der Waals surface area contributed by atoms with Crippen molar-refractivity contribution in [1.82, 2.24) is 4.98 Å². The molecule has 1 nitrogen and oxygen atoms in total. The van der Waals surface area contributed by atoms with Crippen molar-refractivity contribution in [1.29, 1.82) is 0 Å². The maximum atomic E-state index is 4.50. The van der Waals surface area contributed by atoms with Crippen molar-refractivity contribution in [3.8, 4) is 11.1 Å². The molecule has 78 valence electrons. The predicted octanol–water partition coefficient (Wildman–Crippen LogP) is 4.24. The van der Waals surface area contributed by atoms with Gasteiger partial charge in [-0.3, -0.25) is 4.98 Å². The van der Waals surface area contributed by atoms with Crippen LogP contribution in [0.2, 0.25) is 0 Å². The van der Waals surface area contributed by atoms with Crippen LogP contribution in [0.4, 0.5) is 0 Å². The van der Waals surface area contributed by atoms with Gasteiger partial charge in [0, 0.05) is 17.5 Å². The Bertz CT molecular complexity index is 444. The van der Waals surface area contributed by atoms with Crippen LogP contribution in [-0.4, -0.2) is 4.98 Å². The first-order valence-electron chi connectivity index (χ1n) is 5.17. The molecule has 0 amide bonds. The predicted molar refractivity (Wildman–Crippen MR) is 66.4 cm³/mol. The Kier molecular flexibility index (Phi) is 2.87. The molecule has 0 aliphatic heterocycles. The van der Waals surface area contributed by atoms with Gasteiger partial charge in [-0.15, -0.1) is 0 Å². The fraction of sp³-hybridized carbons (Fsp3) is 0.308. The maximum Gasteiger partial charge on any atom is 0.0432 e. The monoisotopic (exact) mass is 217 g/mol. The molecule has 15 heavy (non-hydrogen) atoms. The largest absolute Gasteiger partial charge is 0.260 e. The van der Waals surface area contributed by atoms with Crippen molar-refractivity contribution in [2.75, 3.05) is 0 Å². The van der Waals surface area contributed by atoms with Gasteiger partial charge in [0.05, 0.1) is 0 Å². The van der Waals surface area contributed by atoms with E-state index in [4.69, 9.17) is 0 Å². The topological polar surface area (TPSA) is 12.9 Å². The van der Waals surface area contributed by atoms with E-state index in [-0.39, 0.29) is 0 Å². The molecule has 0 aliphatic rings. The van der Waals surface area contributed by atoms with Gasteiger partial charge < -0.3 is 0 Å². The molecule has 0 atom stereocenters. The second-order valence-electron chi connectivity index (χ2n) is 4.09. The summed E-state index contributed by atoms with van der Waals surface area (Å²) in [5.41, 5.74) is 5.01. The molecule has 2 aromatic heterocycles. The second-order valence-corrected chi connectivity index (χ2v) is 4.87. The molecule has 0 unspecified atom stereocenters. The summed E-state index contributed by atoms with van der Waals surface area (Å²) in [6.45, 7) is 6.50. The van der Waals surface area contributed by atoms with Crippen molar-refractivity contribution < 1.29 is 0 Å². The first-order valence-corrected chi connectivity index (χ1v) is 6.12. The van der Waals surface area contributed by atoms with E-state index in [1.54, 1.807) is 11.3 Å². The van der Waals surface area contributed by atoms with Gasteiger partial charge in [-0.05, 0) is 46.9 Å². The van der Waals surface area contributed by atoms with E-state index >= 15 is 0 Å². The third-order valence-electron chi connectivity index (χ3n) is 2.56. The van der Waals surface area contributed by atoms with Crippen LogP contribution < -0.4 is 0 Å². The van der Waals surface area contributed by atoms with Crippen molar-refractivity contribution in [2.45, 2.75) is 26.7 Å². The minimum absolute atomic E-state index is 0.500. The number of rotatable bonds is 2. The Hall–Kier alpha value is -1.15. The summed E-state index contributed by atoms with van der Waals surface area (Å²) in [5.74, 6) is 0.500. The number of aromatic nitrogens is 1. The minimum Gasteiger partial charge on any atom is -0.260 e. The van der Waals surface area contributed by atoms with Crippen LogP contribution >= 0.6 is 11.3 Å². The smallest absolute Gasteiger partial charge is 0.0432 e. The summed E-state index contributed by atoms with van der Waals surface area (Å²) in [5, 5.41) is 4.27. The van der Waals surface area contributed by atoms with Gasteiger partial charge >= 0.3 is 0 Å². The van der Waals surface area contributed by atoms with Crippen LogP contribution in [0.1, 0.15) is 31.0 Å². The van der Waals surface area contributed by atoms with E-state index in [1.807, 2.05) is 6.20 Å². The number of aryl methyl sites for hydroxylation is 1. The minimum atomic E-state index is 0.500. The lowest BCUT2D eigenvalue weighted by Crippen LogP contribution is -1.94. The lowest BCUT2D eigenvalue weighted by Gasteiger charge is -2.08. The molecular weight excluding hydrogens is 202 g/mol. The molecular formula is C13H15NS. The van der Waals surface area contributed by atoms with E-state index in [1.165, 1.54) is 22.4 Å². The first-order chi connectivity index (χ1) is 7.18. The number of hydrogen-bond acceptors (Lipinski definition) is 2. The molecule has 0 saturated heterocycles. The van der Waals surface area contributed by atoms with Crippen LogP contribution in [0.3, 0.4) is 0 Å². The Balaban J connectivity index is 2.44. The Morgan fingerprint density at radius 3 is 2.67 bits per heavy atom. The van der Waals surface area contributed by atoms with Crippen molar-refractivity contribution in [3.05, 3.63) is 40.3 Å². The van der Waals surface area contributed by atoms with Crippen molar-refractivity contribution >= 4 is 11.3 Å². The Morgan fingerprint density at radius 1 is 1.33 bits per heavy atom. The maximum absolute atomic E-state index is 4.50. The number of hydrogen-bond donors (Lipinski definition) is 0. The molecule has 2 aromatic rings. The van der Waals surface area contributed by atoms with E-state index in [2.05, 4.69) is 48.6 Å². The fourth-order valence-corrected chi connectivity index (χ4v) is 2.27. The highest BCUT2D eigenvalue weighted by Gasteiger charge is 2.06. The van der Waals surface area contributed by atoms with E-state index in [0.29, 0.717) is 5.92 Å². The van der Waals surface area contributed by atoms with Crippen LogP contribution in [0.5, 0.6) is 0 Å². The summed E-state index contributed by atoms with van der Waals surface area (Å²) in [7, 11) is 0. The normalized spacial score (nSPS) is 10.9. The average Bonchev–Trinajstić information content (AvgIpc) is 2.70. The summed E-state index contributed by atoms with van der Waals surface area (Å²) in [4.78, 5) is 4.50. The molecule has 0 bridgehead atoms. The van der Waals surface area contributed by atoms with E-state index in [9.17, 15) is 0 Å². The van der Waals surface area contributed by atoms with Gasteiger partial charge in [0.25, 0.3) is 0 Å². The Morgan fingerprint density at radius 2 is 2.13 bits per heavy atom. The van der Waals surface area contributed by atoms with Gasteiger partial charge in [0.15, 0.2) is 0 Å². The molecule has 0 N–H and O–H groups in total. The van der Waals surface area contributed by atoms with Crippen molar-refractivity contribution in [2.24, 2.45) is 0 Å². The summed E-state index contributed by atoms with van der Waals surface area (Å²) < 4.78 is 0. The number of thiophene rings is 1. The molecule has 0 aromatic carbocycles. The van der Waals surface area contributed by atoms with Crippen LogP contribution in [0.15, 0.2) is 29.1 Å². The molecule has 0 spiro atoms. The van der Waals surface area contributed by atoms with E-state index < -0.39 is 0 Å². The lowest BCUT2D eigenvalue weighted by atomic mass is 10.0. The third-order valence-corrected chi connectivity index (χ3v) is 3.24. The van der Waals surface area contributed by atoms with Crippen LogP contribution in [-0.2, 0) is 0 Å². The summed E-state index contributed by atoms with van der Waals surface area (Å²) >= 11 is 1.73. The SMILES string of the molecule is Cc1cc(C(C)C)ncc1-c1ccsc1. The molecule has 0 fully saturated rings. The van der Waals surface area contributed by atoms with Gasteiger partial charge in [0.2, 0.25) is 0 Å². The van der Waals surface area contributed by atoms with Crippen LogP contribution in [0, 0.1) is 6.92 Å². The highest BCUT2D eigenvalue weighted by Crippen LogP contribution is 2.26. The van der Waals surface area contributed by atoms with Gasteiger partial charge in [-0.25, -0.2) is 0 Å². The highest BCUT2D eigenvalue weighted by atomic mass is 32.1. The molecule has 2 heteroatoms. The molecule has 0 radical (unpaired) electrons. The zero-order valence-corrected chi connectivity index (χ0v) is 10.1. The third kappa shape index (κ3) is 2.10. The van der Waals surface area contributed by atoms with E-state index in [0.717, 1.165) is 0 Å². The van der Waals surface area contributed by atoms with Gasteiger partial charge in [-0.1, -0.05) is 13.8 Å². The summed E-state index contributed by atoms with van der Waals surface area (Å²) in [6.07, 6.45) is 1.99. The fourth-order valence-electron chi connectivity index (χ4n) is 1.61. The number of pyridine rings is 1. The zero-order chi connectivity index (χ0) is 10.8. The average molecular weight is 217 g/mol. The summed E-state index contributed by atoms with van der Waals surface area (Å²) in [6, 6.07) is 4.33. The zero-order valence-electron chi connectivity index (χ0n) is 9.32. The number of nitrogens with zero attached hydrogens (tertiary/aromatic N) is 1. The second kappa shape index (κ2) is 4.15. The van der Waals surface area contributed by atoms with Gasteiger partial charge in [-0.2, -0.15) is 11.3 Å². The van der Waals surface area contributed by atoms with Gasteiger partial charge in [0.1, 0.15) is 0 Å². The standard InChI is InChI=1S/C13H15NS/c1-9(2)13-6-10(3)12(7-14-13)11-4-5-15-8-11/h4-9H,1-3H3. The lowest BCUT2D eigenvalue weighted by molar-refractivity contribution is 0.821. The quantitative estimate of drug-likeness (QED) is 0.733. The molecule has 0 saturated carbocycles.